The largest absolute Gasteiger partial charge is 0.314 e. The molecule has 1 aromatic rings. The van der Waals surface area contributed by atoms with E-state index in [1.165, 1.54) is 12.1 Å². The summed E-state index contributed by atoms with van der Waals surface area (Å²) in [6.45, 7) is 2.35. The van der Waals surface area contributed by atoms with Crippen molar-refractivity contribution in [2.45, 2.75) is 12.8 Å². The fourth-order valence-corrected chi connectivity index (χ4v) is 2.18. The van der Waals surface area contributed by atoms with Gasteiger partial charge in [-0.2, -0.15) is 0 Å². The Hall–Kier alpha value is -1.95. The van der Waals surface area contributed by atoms with Crippen molar-refractivity contribution in [3.63, 3.8) is 0 Å². The molecule has 2 rings (SSSR count). The average molecular weight is 263 g/mol. The highest BCUT2D eigenvalue weighted by molar-refractivity contribution is 5.94. The highest BCUT2D eigenvalue weighted by Gasteiger charge is 2.18. The van der Waals surface area contributed by atoms with Crippen molar-refractivity contribution in [1.82, 2.24) is 4.90 Å². The molecule has 0 saturated carbocycles. The van der Waals surface area contributed by atoms with E-state index in [0.717, 1.165) is 25.9 Å². The van der Waals surface area contributed by atoms with Crippen molar-refractivity contribution < 1.29 is 9.72 Å². The highest BCUT2D eigenvalue weighted by Crippen LogP contribution is 2.19. The maximum Gasteiger partial charge on any atom is 0.269 e. The lowest BCUT2D eigenvalue weighted by Crippen LogP contribution is -2.37. The fourth-order valence-electron chi connectivity index (χ4n) is 2.18. The van der Waals surface area contributed by atoms with E-state index in [1.807, 2.05) is 0 Å². The molecule has 6 heteroatoms. The summed E-state index contributed by atoms with van der Waals surface area (Å²) in [6, 6.07) is 6.02. The normalized spacial score (nSPS) is 15.4. The van der Waals surface area contributed by atoms with Crippen LogP contribution in [0.2, 0.25) is 0 Å². The predicted molar refractivity (Wildman–Crippen MR) is 72.2 cm³/mol. The Bertz CT molecular complexity index is 467. The van der Waals surface area contributed by atoms with Crippen LogP contribution in [0.1, 0.15) is 12.8 Å². The monoisotopic (exact) mass is 263 g/mol. The van der Waals surface area contributed by atoms with Crippen LogP contribution in [-0.4, -0.2) is 42.4 Å². The number of carbonyl (C=O) groups is 1. The quantitative estimate of drug-likeness (QED) is 0.612. The van der Waals surface area contributed by atoms with E-state index in [4.69, 9.17) is 0 Å². The first-order chi connectivity index (χ1) is 9.08. The number of nitro benzene ring substituents is 1. The van der Waals surface area contributed by atoms with Gasteiger partial charge in [0.2, 0.25) is 5.91 Å². The van der Waals surface area contributed by atoms with Crippen LogP contribution in [0.3, 0.4) is 0 Å². The lowest BCUT2D eigenvalue weighted by molar-refractivity contribution is -0.384. The van der Waals surface area contributed by atoms with Crippen molar-refractivity contribution >= 4 is 17.3 Å². The molecule has 0 unspecified atom stereocenters. The van der Waals surface area contributed by atoms with Crippen molar-refractivity contribution in [2.24, 2.45) is 0 Å². The first kappa shape index (κ1) is 13.5. The lowest BCUT2D eigenvalue weighted by atomic mass is 10.2. The average Bonchev–Trinajstić information content (AvgIpc) is 2.90. The van der Waals surface area contributed by atoms with E-state index >= 15 is 0 Å². The first-order valence-electron chi connectivity index (χ1n) is 6.31. The van der Waals surface area contributed by atoms with Gasteiger partial charge in [-0.05, 0) is 38.1 Å². The van der Waals surface area contributed by atoms with Crippen LogP contribution in [0.5, 0.6) is 0 Å². The summed E-state index contributed by atoms with van der Waals surface area (Å²) in [5.74, 6) is 0.00996. The van der Waals surface area contributed by atoms with Crippen molar-refractivity contribution in [3.8, 4) is 0 Å². The number of likely N-dealkylation sites (tertiary alicyclic amines) is 1. The van der Waals surface area contributed by atoms with E-state index in [9.17, 15) is 14.9 Å². The second-order valence-corrected chi connectivity index (χ2v) is 4.71. The number of nitrogens with zero attached hydrogens (tertiary/aromatic N) is 3. The van der Waals surface area contributed by atoms with Crippen LogP contribution in [0, 0.1) is 10.1 Å². The standard InChI is InChI=1S/C13H17N3O3/c1-14(13(17)10-15-8-2-3-9-15)11-4-6-12(7-5-11)16(18)19/h4-7H,2-3,8-10H2,1H3. The summed E-state index contributed by atoms with van der Waals surface area (Å²) in [4.78, 5) is 25.9. The first-order valence-corrected chi connectivity index (χ1v) is 6.31. The molecule has 6 nitrogen and oxygen atoms in total. The molecule has 1 saturated heterocycles. The lowest BCUT2D eigenvalue weighted by Gasteiger charge is -2.21. The van der Waals surface area contributed by atoms with Gasteiger partial charge in [-0.1, -0.05) is 0 Å². The number of nitro groups is 1. The van der Waals surface area contributed by atoms with Crippen molar-refractivity contribution in [3.05, 3.63) is 34.4 Å². The van der Waals surface area contributed by atoms with E-state index in [-0.39, 0.29) is 11.6 Å². The molecule has 19 heavy (non-hydrogen) atoms. The van der Waals surface area contributed by atoms with Crippen LogP contribution in [-0.2, 0) is 4.79 Å². The number of likely N-dealkylation sites (N-methyl/N-ethyl adjacent to an activating group) is 1. The number of non-ortho nitro benzene ring substituents is 1. The number of amides is 1. The molecule has 1 fully saturated rings. The minimum absolute atomic E-state index is 0.00996. The zero-order valence-electron chi connectivity index (χ0n) is 10.9. The number of anilines is 1. The minimum Gasteiger partial charge on any atom is -0.314 e. The molecule has 102 valence electrons. The van der Waals surface area contributed by atoms with Crippen molar-refractivity contribution in [2.75, 3.05) is 31.6 Å². The molecule has 0 radical (unpaired) electrons. The Balaban J connectivity index is 1.99. The smallest absolute Gasteiger partial charge is 0.269 e. The number of benzene rings is 1. The van der Waals surface area contributed by atoms with Gasteiger partial charge in [-0.15, -0.1) is 0 Å². The number of hydrogen-bond donors (Lipinski definition) is 0. The van der Waals surface area contributed by atoms with Gasteiger partial charge in [0.05, 0.1) is 11.5 Å². The van der Waals surface area contributed by atoms with Crippen LogP contribution in [0.15, 0.2) is 24.3 Å². The molecule has 0 atom stereocenters. The molecule has 1 aliphatic heterocycles. The third kappa shape index (κ3) is 3.29. The van der Waals surface area contributed by atoms with Gasteiger partial charge in [-0.3, -0.25) is 19.8 Å². The molecule has 0 aromatic heterocycles. The molecule has 1 heterocycles. The van der Waals surface area contributed by atoms with Crippen LogP contribution in [0.4, 0.5) is 11.4 Å². The maximum absolute atomic E-state index is 12.1. The summed E-state index contributed by atoms with van der Waals surface area (Å²) in [6.07, 6.45) is 2.29. The SMILES string of the molecule is CN(C(=O)CN1CCCC1)c1ccc([N+](=O)[O-])cc1. The number of rotatable bonds is 4. The van der Waals surface area contributed by atoms with Crippen LogP contribution < -0.4 is 4.90 Å². The zero-order valence-corrected chi connectivity index (χ0v) is 10.9. The molecule has 1 aliphatic rings. The summed E-state index contributed by atoms with van der Waals surface area (Å²) in [7, 11) is 1.69. The molecule has 0 aliphatic carbocycles. The Labute approximate surface area is 111 Å². The number of hydrogen-bond acceptors (Lipinski definition) is 4. The Morgan fingerprint density at radius 1 is 1.32 bits per heavy atom. The third-order valence-electron chi connectivity index (χ3n) is 3.38. The Morgan fingerprint density at radius 3 is 2.42 bits per heavy atom. The molecule has 0 spiro atoms. The second-order valence-electron chi connectivity index (χ2n) is 4.71. The van der Waals surface area contributed by atoms with E-state index in [2.05, 4.69) is 4.90 Å². The Morgan fingerprint density at radius 2 is 1.89 bits per heavy atom. The third-order valence-corrected chi connectivity index (χ3v) is 3.38. The predicted octanol–water partition coefficient (Wildman–Crippen LogP) is 1.65. The summed E-state index contributed by atoms with van der Waals surface area (Å²) >= 11 is 0. The van der Waals surface area contributed by atoms with Crippen molar-refractivity contribution in [1.29, 1.82) is 0 Å². The van der Waals surface area contributed by atoms with Crippen LogP contribution in [0.25, 0.3) is 0 Å². The van der Waals surface area contributed by atoms with Gasteiger partial charge in [-0.25, -0.2) is 0 Å². The molecular weight excluding hydrogens is 246 g/mol. The fraction of sp³-hybridized carbons (Fsp3) is 0.462. The van der Waals surface area contributed by atoms with E-state index < -0.39 is 4.92 Å². The Kier molecular flexibility index (Phi) is 4.11. The zero-order chi connectivity index (χ0) is 13.8. The molecule has 1 amide bonds. The number of carbonyl (C=O) groups excluding carboxylic acids is 1. The van der Waals surface area contributed by atoms with Gasteiger partial charge in [0.15, 0.2) is 0 Å². The molecular formula is C13H17N3O3. The van der Waals surface area contributed by atoms with Gasteiger partial charge < -0.3 is 4.90 Å². The van der Waals surface area contributed by atoms with Gasteiger partial charge in [0, 0.05) is 24.9 Å². The summed E-state index contributed by atoms with van der Waals surface area (Å²) in [5, 5.41) is 10.6. The summed E-state index contributed by atoms with van der Waals surface area (Å²) < 4.78 is 0. The molecule has 0 bridgehead atoms. The van der Waals surface area contributed by atoms with Gasteiger partial charge >= 0.3 is 0 Å². The maximum atomic E-state index is 12.1. The summed E-state index contributed by atoms with van der Waals surface area (Å²) in [5.41, 5.74) is 0.707. The highest BCUT2D eigenvalue weighted by atomic mass is 16.6. The van der Waals surface area contributed by atoms with Gasteiger partial charge in [0.1, 0.15) is 0 Å². The van der Waals surface area contributed by atoms with Crippen LogP contribution >= 0.6 is 0 Å². The second kappa shape index (κ2) is 5.79. The van der Waals surface area contributed by atoms with E-state index in [0.29, 0.717) is 12.2 Å². The molecule has 1 aromatic carbocycles. The van der Waals surface area contributed by atoms with E-state index in [1.54, 1.807) is 24.1 Å². The topological polar surface area (TPSA) is 66.7 Å². The minimum atomic E-state index is -0.449. The molecule has 0 N–H and O–H groups in total. The van der Waals surface area contributed by atoms with Gasteiger partial charge in [0.25, 0.3) is 5.69 Å².